The Labute approximate surface area is 101 Å². The van der Waals surface area contributed by atoms with Crippen LogP contribution in [0.2, 0.25) is 0 Å². The topological polar surface area (TPSA) is 50.2 Å². The molecular formula is C12H19NO2S. The summed E-state index contributed by atoms with van der Waals surface area (Å²) in [5, 5.41) is 10.2. The quantitative estimate of drug-likeness (QED) is 0.862. The molecule has 0 aromatic carbocycles. The van der Waals surface area contributed by atoms with E-state index in [0.717, 1.165) is 28.4 Å². The van der Waals surface area contributed by atoms with Gasteiger partial charge in [-0.05, 0) is 40.0 Å². The van der Waals surface area contributed by atoms with E-state index >= 15 is 0 Å². The maximum atomic E-state index is 11.1. The van der Waals surface area contributed by atoms with Gasteiger partial charge in [-0.15, -0.1) is 11.3 Å². The summed E-state index contributed by atoms with van der Waals surface area (Å²) < 4.78 is 0. The van der Waals surface area contributed by atoms with Crippen LogP contribution in [-0.2, 0) is 17.6 Å². The molecule has 0 radical (unpaired) electrons. The summed E-state index contributed by atoms with van der Waals surface area (Å²) >= 11 is 1.65. The normalized spacial score (nSPS) is 11.8. The lowest BCUT2D eigenvalue weighted by Gasteiger charge is -2.17. The highest BCUT2D eigenvalue weighted by Gasteiger charge is 2.29. The maximum absolute atomic E-state index is 11.1. The number of thiazole rings is 1. The van der Waals surface area contributed by atoms with Crippen LogP contribution in [0.5, 0.6) is 0 Å². The zero-order chi connectivity index (χ0) is 12.3. The smallest absolute Gasteiger partial charge is 0.309 e. The first-order valence-corrected chi connectivity index (χ1v) is 6.37. The molecule has 0 saturated heterocycles. The zero-order valence-corrected chi connectivity index (χ0v) is 11.1. The lowest BCUT2D eigenvalue weighted by molar-refractivity contribution is -0.146. The van der Waals surface area contributed by atoms with Gasteiger partial charge >= 0.3 is 5.97 Å². The van der Waals surface area contributed by atoms with Crippen molar-refractivity contribution < 1.29 is 9.90 Å². The molecule has 90 valence electrons. The van der Waals surface area contributed by atoms with Crippen LogP contribution in [-0.4, -0.2) is 16.1 Å². The van der Waals surface area contributed by atoms with E-state index in [-0.39, 0.29) is 0 Å². The first-order valence-electron chi connectivity index (χ1n) is 5.55. The van der Waals surface area contributed by atoms with Gasteiger partial charge in [0.1, 0.15) is 0 Å². The number of carboxylic acids is 1. The number of aliphatic carboxylic acids is 1. The molecule has 4 heteroatoms. The van der Waals surface area contributed by atoms with Crippen molar-refractivity contribution in [3.63, 3.8) is 0 Å². The van der Waals surface area contributed by atoms with Gasteiger partial charge in [-0.2, -0.15) is 0 Å². The van der Waals surface area contributed by atoms with E-state index in [1.54, 1.807) is 25.2 Å². The van der Waals surface area contributed by atoms with Crippen molar-refractivity contribution in [2.75, 3.05) is 0 Å². The first kappa shape index (κ1) is 13.2. The number of aryl methyl sites for hydroxylation is 2. The Morgan fingerprint density at radius 1 is 1.50 bits per heavy atom. The van der Waals surface area contributed by atoms with Crippen LogP contribution in [0, 0.1) is 12.3 Å². The zero-order valence-electron chi connectivity index (χ0n) is 10.3. The van der Waals surface area contributed by atoms with E-state index in [1.165, 1.54) is 0 Å². The minimum absolute atomic E-state index is 0.565. The van der Waals surface area contributed by atoms with Crippen molar-refractivity contribution in [1.29, 1.82) is 0 Å². The molecule has 0 amide bonds. The molecule has 1 aromatic rings. The molecular weight excluding hydrogens is 222 g/mol. The van der Waals surface area contributed by atoms with E-state index < -0.39 is 11.4 Å². The molecule has 0 atom stereocenters. The number of aromatic nitrogens is 1. The summed E-state index contributed by atoms with van der Waals surface area (Å²) in [6, 6.07) is 0. The first-order chi connectivity index (χ1) is 7.36. The van der Waals surface area contributed by atoms with Crippen LogP contribution in [0.15, 0.2) is 0 Å². The number of hydrogen-bond acceptors (Lipinski definition) is 3. The highest BCUT2D eigenvalue weighted by atomic mass is 32.1. The lowest BCUT2D eigenvalue weighted by atomic mass is 9.88. The minimum Gasteiger partial charge on any atom is -0.481 e. The number of carboxylic acid groups (broad SMARTS) is 1. The van der Waals surface area contributed by atoms with E-state index in [4.69, 9.17) is 5.11 Å². The van der Waals surface area contributed by atoms with E-state index in [0.29, 0.717) is 6.42 Å². The van der Waals surface area contributed by atoms with Crippen molar-refractivity contribution in [3.05, 3.63) is 15.6 Å². The Bertz CT molecular complexity index is 382. The summed E-state index contributed by atoms with van der Waals surface area (Å²) in [6.45, 7) is 7.60. The summed E-state index contributed by atoms with van der Waals surface area (Å²) in [5.74, 6) is -0.752. The van der Waals surface area contributed by atoms with Gasteiger partial charge in [0.25, 0.3) is 0 Å². The minimum atomic E-state index is -0.752. The summed E-state index contributed by atoms with van der Waals surface area (Å²) in [4.78, 5) is 16.6. The fraction of sp³-hybridized carbons (Fsp3) is 0.667. The highest BCUT2D eigenvalue weighted by molar-refractivity contribution is 7.11. The van der Waals surface area contributed by atoms with Gasteiger partial charge in [-0.3, -0.25) is 4.79 Å². The molecule has 16 heavy (non-hydrogen) atoms. The second-order valence-electron chi connectivity index (χ2n) is 4.73. The van der Waals surface area contributed by atoms with Crippen LogP contribution in [0.25, 0.3) is 0 Å². The third kappa shape index (κ3) is 3.04. The molecule has 0 spiro atoms. The molecule has 0 unspecified atom stereocenters. The fourth-order valence-electron chi connectivity index (χ4n) is 1.45. The Morgan fingerprint density at radius 2 is 2.12 bits per heavy atom. The summed E-state index contributed by atoms with van der Waals surface area (Å²) in [5.41, 5.74) is 0.281. The third-order valence-electron chi connectivity index (χ3n) is 2.58. The third-order valence-corrected chi connectivity index (χ3v) is 3.80. The number of carbonyl (C=O) groups is 1. The molecule has 1 rings (SSSR count). The van der Waals surface area contributed by atoms with Crippen molar-refractivity contribution in [2.24, 2.45) is 5.41 Å². The maximum Gasteiger partial charge on any atom is 0.309 e. The second-order valence-corrected chi connectivity index (χ2v) is 5.90. The largest absolute Gasteiger partial charge is 0.481 e. The molecule has 0 aliphatic carbocycles. The monoisotopic (exact) mass is 241 g/mol. The van der Waals surface area contributed by atoms with E-state index in [1.807, 2.05) is 6.92 Å². The van der Waals surface area contributed by atoms with Crippen LogP contribution < -0.4 is 0 Å². The predicted molar refractivity (Wildman–Crippen MR) is 66.0 cm³/mol. The highest BCUT2D eigenvalue weighted by Crippen LogP contribution is 2.28. The van der Waals surface area contributed by atoms with Crippen molar-refractivity contribution >= 4 is 17.3 Å². The Hall–Kier alpha value is -0.900. The number of hydrogen-bond donors (Lipinski definition) is 1. The van der Waals surface area contributed by atoms with Gasteiger partial charge in [-0.25, -0.2) is 4.98 Å². The van der Waals surface area contributed by atoms with Crippen molar-refractivity contribution in [3.8, 4) is 0 Å². The molecule has 3 nitrogen and oxygen atoms in total. The molecule has 0 saturated carbocycles. The average Bonchev–Trinajstić information content (AvgIpc) is 2.46. The van der Waals surface area contributed by atoms with Crippen molar-refractivity contribution in [2.45, 2.75) is 47.0 Å². The lowest BCUT2D eigenvalue weighted by Crippen LogP contribution is -2.26. The molecule has 0 fully saturated rings. The standard InChI is InChI=1S/C12H19NO2S/c1-5-6-10-13-8(2)9(16-10)7-12(3,4)11(14)15/h5-7H2,1-4H3,(H,14,15). The summed E-state index contributed by atoms with van der Waals surface area (Å²) in [7, 11) is 0. The van der Waals surface area contributed by atoms with Crippen LogP contribution >= 0.6 is 11.3 Å². The van der Waals surface area contributed by atoms with Crippen LogP contribution in [0.1, 0.15) is 42.8 Å². The summed E-state index contributed by atoms with van der Waals surface area (Å²) in [6.07, 6.45) is 2.63. The molecule has 0 bridgehead atoms. The average molecular weight is 241 g/mol. The van der Waals surface area contributed by atoms with Gasteiger partial charge in [0.05, 0.1) is 16.1 Å². The predicted octanol–water partition coefficient (Wildman–Crippen LogP) is 3.06. The number of nitrogens with zero attached hydrogens (tertiary/aromatic N) is 1. The van der Waals surface area contributed by atoms with Gasteiger partial charge in [-0.1, -0.05) is 6.92 Å². The van der Waals surface area contributed by atoms with E-state index in [2.05, 4.69) is 11.9 Å². The Balaban J connectivity index is 2.85. The fourth-order valence-corrected chi connectivity index (χ4v) is 2.85. The SMILES string of the molecule is CCCc1nc(C)c(CC(C)(C)C(=O)O)s1. The molecule has 1 N–H and O–H groups in total. The van der Waals surface area contributed by atoms with E-state index in [9.17, 15) is 4.79 Å². The second kappa shape index (κ2) is 4.95. The van der Waals surface area contributed by atoms with Gasteiger partial charge < -0.3 is 5.11 Å². The Morgan fingerprint density at radius 3 is 2.62 bits per heavy atom. The van der Waals surface area contributed by atoms with Gasteiger partial charge in [0.15, 0.2) is 0 Å². The molecule has 1 aromatic heterocycles. The molecule has 1 heterocycles. The van der Waals surface area contributed by atoms with Crippen LogP contribution in [0.4, 0.5) is 0 Å². The van der Waals surface area contributed by atoms with Crippen molar-refractivity contribution in [1.82, 2.24) is 4.98 Å². The Kier molecular flexibility index (Phi) is 4.08. The van der Waals surface area contributed by atoms with Gasteiger partial charge in [0.2, 0.25) is 0 Å². The van der Waals surface area contributed by atoms with Crippen LogP contribution in [0.3, 0.4) is 0 Å². The molecule has 0 aliphatic rings. The number of rotatable bonds is 5. The van der Waals surface area contributed by atoms with Gasteiger partial charge in [0, 0.05) is 4.88 Å². The molecule has 0 aliphatic heterocycles.